The maximum Gasteiger partial charge on any atom is 0.451 e. The normalized spacial score (nSPS) is 12.7. The predicted molar refractivity (Wildman–Crippen MR) is 67.5 cm³/mol. The number of nitrogen functional groups attached to an aromatic ring is 1. The summed E-state index contributed by atoms with van der Waals surface area (Å²) in [5.41, 5.74) is 2.08. The molecule has 0 fully saturated rings. The lowest BCUT2D eigenvalue weighted by Crippen LogP contribution is -2.30. The number of anilines is 2. The van der Waals surface area contributed by atoms with E-state index < -0.39 is 12.0 Å². The molecule has 0 saturated carbocycles. The zero-order valence-corrected chi connectivity index (χ0v) is 11.1. The SMILES string of the molecule is CCN(CC(C)C#N)c1cc(NN)nc(C(F)(F)F)n1. The van der Waals surface area contributed by atoms with Gasteiger partial charge in [-0.15, -0.1) is 0 Å². The van der Waals surface area contributed by atoms with Gasteiger partial charge in [-0.25, -0.2) is 15.8 Å². The Bertz CT molecular complexity index is 496. The fourth-order valence-electron chi connectivity index (χ4n) is 1.55. The molecule has 0 aromatic carbocycles. The van der Waals surface area contributed by atoms with Crippen molar-refractivity contribution in [2.75, 3.05) is 23.4 Å². The summed E-state index contributed by atoms with van der Waals surface area (Å²) in [5, 5.41) is 8.79. The van der Waals surface area contributed by atoms with Crippen molar-refractivity contribution in [1.82, 2.24) is 9.97 Å². The highest BCUT2D eigenvalue weighted by Crippen LogP contribution is 2.29. The van der Waals surface area contributed by atoms with Crippen LogP contribution in [-0.4, -0.2) is 23.1 Å². The van der Waals surface area contributed by atoms with E-state index in [1.165, 1.54) is 6.07 Å². The van der Waals surface area contributed by atoms with E-state index in [0.29, 0.717) is 6.54 Å². The third-order valence-electron chi connectivity index (χ3n) is 2.53. The average molecular weight is 288 g/mol. The van der Waals surface area contributed by atoms with E-state index in [4.69, 9.17) is 11.1 Å². The van der Waals surface area contributed by atoms with E-state index in [2.05, 4.69) is 15.4 Å². The summed E-state index contributed by atoms with van der Waals surface area (Å²) in [6.07, 6.45) is -4.66. The number of hydrogen-bond acceptors (Lipinski definition) is 6. The minimum Gasteiger partial charge on any atom is -0.355 e. The van der Waals surface area contributed by atoms with Gasteiger partial charge in [-0.1, -0.05) is 0 Å². The van der Waals surface area contributed by atoms with Gasteiger partial charge < -0.3 is 10.3 Å². The lowest BCUT2D eigenvalue weighted by Gasteiger charge is -2.24. The van der Waals surface area contributed by atoms with E-state index in [1.807, 2.05) is 6.07 Å². The highest BCUT2D eigenvalue weighted by atomic mass is 19.4. The molecule has 1 heterocycles. The number of halogens is 3. The van der Waals surface area contributed by atoms with Gasteiger partial charge in [-0.05, 0) is 13.8 Å². The Morgan fingerprint density at radius 1 is 1.50 bits per heavy atom. The van der Waals surface area contributed by atoms with Crippen molar-refractivity contribution in [3.05, 3.63) is 11.9 Å². The molecule has 0 aliphatic carbocycles. The Balaban J connectivity index is 3.18. The molecule has 0 radical (unpaired) electrons. The number of hydrazine groups is 1. The van der Waals surface area contributed by atoms with Gasteiger partial charge >= 0.3 is 6.18 Å². The van der Waals surface area contributed by atoms with Gasteiger partial charge in [-0.2, -0.15) is 18.4 Å². The summed E-state index contributed by atoms with van der Waals surface area (Å²) in [7, 11) is 0. The number of nitrogens with one attached hydrogen (secondary N) is 1. The Kier molecular flexibility index (Phi) is 5.10. The molecule has 1 unspecified atom stereocenters. The zero-order chi connectivity index (χ0) is 15.3. The van der Waals surface area contributed by atoms with Crippen molar-refractivity contribution < 1.29 is 13.2 Å². The third-order valence-corrected chi connectivity index (χ3v) is 2.53. The Morgan fingerprint density at radius 3 is 2.60 bits per heavy atom. The standard InChI is InChI=1S/C11H15F3N6/c1-3-20(6-7(2)5-15)9-4-8(19-16)17-10(18-9)11(12,13)14/h4,7H,3,6,16H2,1-2H3,(H,17,18,19). The van der Waals surface area contributed by atoms with Crippen molar-refractivity contribution in [3.63, 3.8) is 0 Å². The van der Waals surface area contributed by atoms with E-state index in [0.717, 1.165) is 0 Å². The van der Waals surface area contributed by atoms with E-state index in [-0.39, 0.29) is 24.1 Å². The molecular weight excluding hydrogens is 273 g/mol. The smallest absolute Gasteiger partial charge is 0.355 e. The van der Waals surface area contributed by atoms with Crippen molar-refractivity contribution in [2.45, 2.75) is 20.0 Å². The van der Waals surface area contributed by atoms with Gasteiger partial charge in [0.05, 0.1) is 12.0 Å². The van der Waals surface area contributed by atoms with Gasteiger partial charge in [0.25, 0.3) is 0 Å². The molecule has 1 aromatic heterocycles. The number of nitrogens with two attached hydrogens (primary N) is 1. The number of hydrogen-bond donors (Lipinski definition) is 2. The van der Waals surface area contributed by atoms with Gasteiger partial charge in [0, 0.05) is 19.2 Å². The summed E-state index contributed by atoms with van der Waals surface area (Å²) in [6.45, 7) is 4.11. The quantitative estimate of drug-likeness (QED) is 0.634. The Morgan fingerprint density at radius 2 is 2.15 bits per heavy atom. The molecular formula is C11H15F3N6. The second-order valence-electron chi connectivity index (χ2n) is 4.15. The summed E-state index contributed by atoms with van der Waals surface area (Å²) in [6, 6.07) is 3.33. The van der Waals surface area contributed by atoms with Crippen LogP contribution in [0.25, 0.3) is 0 Å². The molecule has 0 aliphatic rings. The monoisotopic (exact) mass is 288 g/mol. The highest BCUT2D eigenvalue weighted by Gasteiger charge is 2.35. The maximum absolute atomic E-state index is 12.7. The van der Waals surface area contributed by atoms with Gasteiger partial charge in [0.2, 0.25) is 5.82 Å². The third kappa shape index (κ3) is 3.96. The highest BCUT2D eigenvalue weighted by molar-refractivity contribution is 5.49. The van der Waals surface area contributed by atoms with Crippen molar-refractivity contribution in [1.29, 1.82) is 5.26 Å². The molecule has 0 saturated heterocycles. The summed E-state index contributed by atoms with van der Waals surface area (Å²) < 4.78 is 38.1. The molecule has 0 spiro atoms. The minimum atomic E-state index is -4.66. The lowest BCUT2D eigenvalue weighted by molar-refractivity contribution is -0.144. The molecule has 1 rings (SSSR count). The molecule has 0 amide bonds. The van der Waals surface area contributed by atoms with Crippen LogP contribution in [0.5, 0.6) is 0 Å². The molecule has 0 bridgehead atoms. The minimum absolute atomic E-state index is 0.0740. The Hall–Kier alpha value is -2.08. The van der Waals surface area contributed by atoms with Crippen LogP contribution in [0.4, 0.5) is 24.8 Å². The van der Waals surface area contributed by atoms with Crippen LogP contribution in [0.1, 0.15) is 19.7 Å². The summed E-state index contributed by atoms with van der Waals surface area (Å²) in [5.74, 6) is 3.45. The van der Waals surface area contributed by atoms with Crippen LogP contribution in [0.2, 0.25) is 0 Å². The van der Waals surface area contributed by atoms with Crippen molar-refractivity contribution in [3.8, 4) is 6.07 Å². The fraction of sp³-hybridized carbons (Fsp3) is 0.545. The molecule has 3 N–H and O–H groups in total. The molecule has 0 aliphatic heterocycles. The largest absolute Gasteiger partial charge is 0.451 e. The zero-order valence-electron chi connectivity index (χ0n) is 11.1. The van der Waals surface area contributed by atoms with Gasteiger partial charge in [0.15, 0.2) is 0 Å². The van der Waals surface area contributed by atoms with Crippen LogP contribution in [0.3, 0.4) is 0 Å². The fourth-order valence-corrected chi connectivity index (χ4v) is 1.55. The van der Waals surface area contributed by atoms with Gasteiger partial charge in [0.1, 0.15) is 11.6 Å². The first kappa shape index (κ1) is 16.0. The Labute approximate surface area is 114 Å². The average Bonchev–Trinajstić information content (AvgIpc) is 2.42. The number of nitriles is 1. The van der Waals surface area contributed by atoms with Crippen molar-refractivity contribution >= 4 is 11.6 Å². The van der Waals surface area contributed by atoms with Crippen molar-refractivity contribution in [2.24, 2.45) is 11.8 Å². The number of nitrogens with zero attached hydrogens (tertiary/aromatic N) is 4. The summed E-state index contributed by atoms with van der Waals surface area (Å²) >= 11 is 0. The molecule has 20 heavy (non-hydrogen) atoms. The first-order valence-corrected chi connectivity index (χ1v) is 5.89. The topological polar surface area (TPSA) is 90.9 Å². The molecule has 110 valence electrons. The molecule has 1 aromatic rings. The maximum atomic E-state index is 12.7. The van der Waals surface area contributed by atoms with Crippen LogP contribution in [0, 0.1) is 17.2 Å². The summed E-state index contributed by atoms with van der Waals surface area (Å²) in [4.78, 5) is 8.33. The van der Waals surface area contributed by atoms with E-state index in [1.54, 1.807) is 18.7 Å². The predicted octanol–water partition coefficient (Wildman–Crippen LogP) is 1.77. The van der Waals surface area contributed by atoms with Crippen LogP contribution >= 0.6 is 0 Å². The lowest BCUT2D eigenvalue weighted by atomic mass is 10.2. The van der Waals surface area contributed by atoms with Crippen LogP contribution < -0.4 is 16.2 Å². The molecule has 1 atom stereocenters. The molecule has 6 nitrogen and oxygen atoms in total. The first-order valence-electron chi connectivity index (χ1n) is 5.89. The van der Waals surface area contributed by atoms with Crippen LogP contribution in [0.15, 0.2) is 6.07 Å². The van der Waals surface area contributed by atoms with E-state index >= 15 is 0 Å². The second kappa shape index (κ2) is 6.38. The van der Waals surface area contributed by atoms with Gasteiger partial charge in [-0.3, -0.25) is 0 Å². The molecule has 9 heteroatoms. The first-order chi connectivity index (χ1) is 9.31. The second-order valence-corrected chi connectivity index (χ2v) is 4.15. The van der Waals surface area contributed by atoms with Crippen LogP contribution in [-0.2, 0) is 6.18 Å². The number of rotatable bonds is 5. The number of alkyl halides is 3. The number of aromatic nitrogens is 2. The van der Waals surface area contributed by atoms with E-state index in [9.17, 15) is 13.2 Å².